The van der Waals surface area contributed by atoms with E-state index in [1.807, 2.05) is 0 Å². The third kappa shape index (κ3) is 3.92. The van der Waals surface area contributed by atoms with Gasteiger partial charge in [-0.15, -0.1) is 0 Å². The monoisotopic (exact) mass is 456 g/mol. The predicted octanol–water partition coefficient (Wildman–Crippen LogP) is 4.12. The number of rotatable bonds is 4. The molecule has 2 aliphatic rings. The Balaban J connectivity index is 1.73. The molecule has 146 valence electrons. The van der Waals surface area contributed by atoms with Gasteiger partial charge in [0.2, 0.25) is 0 Å². The van der Waals surface area contributed by atoms with E-state index >= 15 is 0 Å². The van der Waals surface area contributed by atoms with Crippen molar-refractivity contribution in [3.8, 4) is 6.01 Å². The van der Waals surface area contributed by atoms with Crippen molar-refractivity contribution < 1.29 is 9.13 Å². The van der Waals surface area contributed by atoms with Crippen molar-refractivity contribution in [2.45, 2.75) is 37.6 Å². The Morgan fingerprint density at radius 1 is 1.33 bits per heavy atom. The SMILES string of the molecule is CN1CCC[C@H]1COc1nc(C2CCNCC2)c2cc(Cl)c(Br)c(F)c2n1. The Bertz CT molecular complexity index is 846. The van der Waals surface area contributed by atoms with Crippen molar-refractivity contribution >= 4 is 38.4 Å². The molecule has 0 amide bonds. The minimum Gasteiger partial charge on any atom is -0.462 e. The number of nitrogens with one attached hydrogen (secondary N) is 1. The summed E-state index contributed by atoms with van der Waals surface area (Å²) in [5.41, 5.74) is 1.11. The van der Waals surface area contributed by atoms with Gasteiger partial charge < -0.3 is 15.0 Å². The predicted molar refractivity (Wildman–Crippen MR) is 108 cm³/mol. The lowest BCUT2D eigenvalue weighted by molar-refractivity contribution is 0.187. The van der Waals surface area contributed by atoms with Gasteiger partial charge in [0, 0.05) is 17.3 Å². The minimum absolute atomic E-state index is 0.230. The van der Waals surface area contributed by atoms with Gasteiger partial charge in [-0.05, 0) is 74.4 Å². The number of ether oxygens (including phenoxy) is 1. The molecule has 3 heterocycles. The molecule has 2 saturated heterocycles. The molecule has 0 aliphatic carbocycles. The third-order valence-corrected chi connectivity index (χ3v) is 6.94. The summed E-state index contributed by atoms with van der Waals surface area (Å²) in [5, 5.41) is 4.37. The average Bonchev–Trinajstić information content (AvgIpc) is 3.10. The van der Waals surface area contributed by atoms with Gasteiger partial charge in [-0.1, -0.05) is 11.6 Å². The van der Waals surface area contributed by atoms with E-state index in [0.717, 1.165) is 44.6 Å². The van der Waals surface area contributed by atoms with Crippen molar-refractivity contribution in [2.75, 3.05) is 33.3 Å². The lowest BCUT2D eigenvalue weighted by atomic mass is 9.92. The number of fused-ring (bicyclic) bond motifs is 1. The average molecular weight is 458 g/mol. The van der Waals surface area contributed by atoms with Gasteiger partial charge in [0.05, 0.1) is 15.2 Å². The normalized spacial score (nSPS) is 21.9. The van der Waals surface area contributed by atoms with Crippen LogP contribution in [0.15, 0.2) is 10.5 Å². The molecule has 1 N–H and O–H groups in total. The molecule has 2 aliphatic heterocycles. The van der Waals surface area contributed by atoms with Crippen LogP contribution < -0.4 is 10.1 Å². The van der Waals surface area contributed by atoms with Crippen LogP contribution in [0, 0.1) is 5.82 Å². The van der Waals surface area contributed by atoms with Crippen LogP contribution in [0.1, 0.15) is 37.3 Å². The quantitative estimate of drug-likeness (QED) is 0.700. The molecule has 2 fully saturated rings. The Labute approximate surface area is 171 Å². The molecule has 8 heteroatoms. The van der Waals surface area contributed by atoms with Crippen molar-refractivity contribution in [1.82, 2.24) is 20.2 Å². The van der Waals surface area contributed by atoms with E-state index in [0.29, 0.717) is 23.1 Å². The second-order valence-electron chi connectivity index (χ2n) is 7.39. The maximum Gasteiger partial charge on any atom is 0.317 e. The third-order valence-electron chi connectivity index (χ3n) is 5.64. The van der Waals surface area contributed by atoms with Crippen molar-refractivity contribution in [3.63, 3.8) is 0 Å². The molecular formula is C19H23BrClFN4O. The van der Waals surface area contributed by atoms with Gasteiger partial charge in [-0.25, -0.2) is 4.39 Å². The number of hydrogen-bond donors (Lipinski definition) is 1. The molecule has 27 heavy (non-hydrogen) atoms. The number of benzene rings is 1. The highest BCUT2D eigenvalue weighted by Gasteiger charge is 2.25. The zero-order chi connectivity index (χ0) is 19.0. The van der Waals surface area contributed by atoms with Crippen molar-refractivity contribution in [3.05, 3.63) is 27.1 Å². The maximum atomic E-state index is 14.9. The first-order valence-electron chi connectivity index (χ1n) is 9.43. The van der Waals surface area contributed by atoms with Crippen LogP contribution in [0.25, 0.3) is 10.9 Å². The lowest BCUT2D eigenvalue weighted by Gasteiger charge is -2.24. The molecule has 1 aromatic heterocycles. The lowest BCUT2D eigenvalue weighted by Crippen LogP contribution is -2.31. The molecular weight excluding hydrogens is 435 g/mol. The second-order valence-corrected chi connectivity index (χ2v) is 8.59. The first kappa shape index (κ1) is 19.3. The van der Waals surface area contributed by atoms with Crippen LogP contribution in [0.4, 0.5) is 4.39 Å². The van der Waals surface area contributed by atoms with E-state index in [9.17, 15) is 4.39 Å². The second kappa shape index (κ2) is 8.15. The van der Waals surface area contributed by atoms with E-state index in [1.165, 1.54) is 6.42 Å². The number of nitrogens with zero attached hydrogens (tertiary/aromatic N) is 3. The zero-order valence-electron chi connectivity index (χ0n) is 15.3. The van der Waals surface area contributed by atoms with Crippen LogP contribution in [0.3, 0.4) is 0 Å². The van der Waals surface area contributed by atoms with E-state index < -0.39 is 5.82 Å². The summed E-state index contributed by atoms with van der Waals surface area (Å²) in [4.78, 5) is 11.4. The standard InChI is InChI=1S/C19H23BrClFN4O/c1-26-8-2-3-12(26)10-27-19-24-17(11-4-6-23-7-5-11)13-9-14(21)15(20)16(22)18(13)25-19/h9,11-12,23H,2-8,10H2,1H3/t12-/m0/s1. The molecule has 1 aromatic carbocycles. The maximum absolute atomic E-state index is 14.9. The number of piperidine rings is 1. The van der Waals surface area contributed by atoms with Crippen LogP contribution in [0.2, 0.25) is 5.02 Å². The van der Waals surface area contributed by atoms with E-state index in [2.05, 4.69) is 38.2 Å². The van der Waals surface area contributed by atoms with Crippen molar-refractivity contribution in [2.24, 2.45) is 0 Å². The highest BCUT2D eigenvalue weighted by Crippen LogP contribution is 2.37. The molecule has 1 atom stereocenters. The molecule has 0 spiro atoms. The zero-order valence-corrected chi connectivity index (χ0v) is 17.6. The van der Waals surface area contributed by atoms with E-state index in [1.54, 1.807) is 6.07 Å². The summed E-state index contributed by atoms with van der Waals surface area (Å²) in [6.07, 6.45) is 4.17. The van der Waals surface area contributed by atoms with Crippen LogP contribution in [-0.2, 0) is 0 Å². The molecule has 5 nitrogen and oxygen atoms in total. The molecule has 0 bridgehead atoms. The first-order chi connectivity index (χ1) is 13.0. The van der Waals surface area contributed by atoms with Crippen LogP contribution in [-0.4, -0.2) is 54.2 Å². The smallest absolute Gasteiger partial charge is 0.317 e. The number of aromatic nitrogens is 2. The molecule has 0 radical (unpaired) electrons. The van der Waals surface area contributed by atoms with Crippen LogP contribution in [0.5, 0.6) is 6.01 Å². The summed E-state index contributed by atoms with van der Waals surface area (Å²) in [6, 6.07) is 2.37. The Kier molecular flexibility index (Phi) is 5.83. The fraction of sp³-hybridized carbons (Fsp3) is 0.579. The fourth-order valence-electron chi connectivity index (χ4n) is 4.01. The van der Waals surface area contributed by atoms with E-state index in [4.69, 9.17) is 21.3 Å². The van der Waals surface area contributed by atoms with Gasteiger partial charge >= 0.3 is 6.01 Å². The van der Waals surface area contributed by atoms with Gasteiger partial charge in [0.25, 0.3) is 0 Å². The Hall–Kier alpha value is -1.02. The first-order valence-corrected chi connectivity index (χ1v) is 10.6. The minimum atomic E-state index is -0.460. The van der Waals surface area contributed by atoms with Gasteiger partial charge in [0.15, 0.2) is 5.82 Å². The van der Waals surface area contributed by atoms with E-state index in [-0.39, 0.29) is 21.9 Å². The topological polar surface area (TPSA) is 50.3 Å². The highest BCUT2D eigenvalue weighted by atomic mass is 79.9. The summed E-state index contributed by atoms with van der Waals surface area (Å²) in [5.74, 6) is -0.220. The molecule has 0 unspecified atom stereocenters. The number of hydrogen-bond acceptors (Lipinski definition) is 5. The summed E-state index contributed by atoms with van der Waals surface area (Å²) in [7, 11) is 2.10. The number of likely N-dealkylation sites (N-methyl/N-ethyl adjacent to an activating group) is 1. The Morgan fingerprint density at radius 3 is 2.81 bits per heavy atom. The largest absolute Gasteiger partial charge is 0.462 e. The van der Waals surface area contributed by atoms with Gasteiger partial charge in [-0.3, -0.25) is 0 Å². The Morgan fingerprint density at radius 2 is 2.11 bits per heavy atom. The van der Waals surface area contributed by atoms with Gasteiger partial charge in [0.1, 0.15) is 12.1 Å². The summed E-state index contributed by atoms with van der Waals surface area (Å²) >= 11 is 9.44. The van der Waals surface area contributed by atoms with Crippen molar-refractivity contribution in [1.29, 1.82) is 0 Å². The summed E-state index contributed by atoms with van der Waals surface area (Å²) in [6.45, 7) is 3.44. The number of likely N-dealkylation sites (tertiary alicyclic amines) is 1. The molecule has 4 rings (SSSR count). The number of halogens is 3. The fourth-order valence-corrected chi connectivity index (χ4v) is 4.50. The molecule has 2 aromatic rings. The van der Waals surface area contributed by atoms with Gasteiger partial charge in [-0.2, -0.15) is 9.97 Å². The molecule has 0 saturated carbocycles. The van der Waals surface area contributed by atoms with Crippen LogP contribution >= 0.6 is 27.5 Å². The summed E-state index contributed by atoms with van der Waals surface area (Å²) < 4.78 is 21.1. The highest BCUT2D eigenvalue weighted by molar-refractivity contribution is 9.10.